The fraction of sp³-hybridized carbons (Fsp3) is 0.333. The summed E-state index contributed by atoms with van der Waals surface area (Å²) in [6, 6.07) is 15.6. The highest BCUT2D eigenvalue weighted by Crippen LogP contribution is 2.25. The van der Waals surface area contributed by atoms with Crippen molar-refractivity contribution in [3.05, 3.63) is 54.1 Å². The Kier molecular flexibility index (Phi) is 8.48. The molecule has 1 amide bonds. The third-order valence-electron chi connectivity index (χ3n) is 3.35. The molecule has 0 unspecified atom stereocenters. The average molecular weight is 328 g/mol. The summed E-state index contributed by atoms with van der Waals surface area (Å²) in [5.41, 5.74) is 2.43. The van der Waals surface area contributed by atoms with Gasteiger partial charge in [0.15, 0.2) is 0 Å². The number of nitrogens with zero attached hydrogens (tertiary/aromatic N) is 1. The maximum atomic E-state index is 12.5. The van der Waals surface area contributed by atoms with Gasteiger partial charge in [-0.25, -0.2) is 4.98 Å². The summed E-state index contributed by atoms with van der Waals surface area (Å²) in [6.45, 7) is 10.7. The third kappa shape index (κ3) is 4.31. The topological polar surface area (TPSA) is 42.0 Å². The molecule has 0 aliphatic heterocycles. The molecule has 3 nitrogen and oxygen atoms in total. The van der Waals surface area contributed by atoms with E-state index in [2.05, 4.69) is 10.3 Å². The summed E-state index contributed by atoms with van der Waals surface area (Å²) in [6.07, 6.45) is 0.923. The first-order valence-electron chi connectivity index (χ1n) is 8.87. The van der Waals surface area contributed by atoms with Crippen molar-refractivity contribution in [1.29, 1.82) is 0 Å². The van der Waals surface area contributed by atoms with Crippen molar-refractivity contribution < 1.29 is 7.65 Å². The molecule has 3 aromatic rings. The number of para-hydroxylation sites is 2. The monoisotopic (exact) mass is 328 g/mol. The zero-order valence-electron chi connectivity index (χ0n) is 15.4. The highest BCUT2D eigenvalue weighted by molar-refractivity contribution is 6.16. The second-order valence-electron chi connectivity index (χ2n) is 4.78. The molecule has 0 saturated carbocycles. The lowest BCUT2D eigenvalue weighted by atomic mass is 10.0. The fourth-order valence-corrected chi connectivity index (χ4v) is 2.41. The van der Waals surface area contributed by atoms with Crippen LogP contribution in [0.15, 0.2) is 48.5 Å². The minimum Gasteiger partial charge on any atom is -0.352 e. The van der Waals surface area contributed by atoms with Gasteiger partial charge in [0.05, 0.1) is 16.6 Å². The number of rotatable bonds is 3. The molecule has 0 aliphatic rings. The van der Waals surface area contributed by atoms with Crippen molar-refractivity contribution in [1.82, 2.24) is 10.3 Å². The number of fused-ring (bicyclic) bond motifs is 2. The Balaban J connectivity index is 0. The van der Waals surface area contributed by atoms with Crippen LogP contribution < -0.4 is 5.32 Å². The van der Waals surface area contributed by atoms with E-state index in [1.165, 1.54) is 0 Å². The Bertz CT molecular complexity index is 737. The molecule has 0 aliphatic carbocycles. The predicted octanol–water partition coefficient (Wildman–Crippen LogP) is 6.07. The van der Waals surface area contributed by atoms with Crippen LogP contribution in [-0.2, 0) is 0 Å². The van der Waals surface area contributed by atoms with E-state index < -0.39 is 0 Å². The first-order chi connectivity index (χ1) is 11.8. The Morgan fingerprint density at radius 3 is 1.83 bits per heavy atom. The normalized spacial score (nSPS) is 9.54. The van der Waals surface area contributed by atoms with Crippen LogP contribution in [-0.4, -0.2) is 17.4 Å². The molecule has 0 saturated heterocycles. The van der Waals surface area contributed by atoms with Gasteiger partial charge in [0, 0.05) is 20.2 Å². The lowest BCUT2D eigenvalue weighted by Crippen LogP contribution is -2.24. The van der Waals surface area contributed by atoms with Crippen molar-refractivity contribution in [2.75, 3.05) is 6.54 Å². The van der Waals surface area contributed by atoms with E-state index in [1.54, 1.807) is 0 Å². The Labute approximate surface area is 148 Å². The van der Waals surface area contributed by atoms with E-state index in [0.29, 0.717) is 6.54 Å². The SMILES string of the molecule is CC.CC.CCCNC(=O)c1c2ccccc2nc2ccccc12.[HH].[HH]. The quantitative estimate of drug-likeness (QED) is 0.593. The number of pyridine rings is 1. The smallest absolute Gasteiger partial charge is 0.252 e. The van der Waals surface area contributed by atoms with Gasteiger partial charge in [0.2, 0.25) is 0 Å². The van der Waals surface area contributed by atoms with Crippen LogP contribution in [0.1, 0.15) is 54.3 Å². The van der Waals surface area contributed by atoms with Crippen molar-refractivity contribution in [2.24, 2.45) is 0 Å². The van der Waals surface area contributed by atoms with E-state index in [4.69, 9.17) is 0 Å². The highest BCUT2D eigenvalue weighted by Gasteiger charge is 2.14. The molecule has 0 atom stereocenters. The van der Waals surface area contributed by atoms with Crippen molar-refractivity contribution in [3.63, 3.8) is 0 Å². The number of hydrogen-bond donors (Lipinski definition) is 1. The summed E-state index contributed by atoms with van der Waals surface area (Å²) >= 11 is 0. The predicted molar refractivity (Wildman–Crippen MR) is 109 cm³/mol. The molecule has 24 heavy (non-hydrogen) atoms. The molecular weight excluding hydrogens is 296 g/mol. The molecule has 1 N–H and O–H groups in total. The summed E-state index contributed by atoms with van der Waals surface area (Å²) < 4.78 is 0. The molecule has 3 rings (SSSR count). The molecule has 1 heterocycles. The standard InChI is InChI=1S/C17H16N2O.2C2H6.2H2/c1-2-11-18-17(20)16-12-7-3-5-9-14(12)19-15-10-6-4-8-13(15)16;2*1-2;;/h3-10H,2,11H2,1H3,(H,18,20);2*1-2H3;2*1H. The Morgan fingerprint density at radius 2 is 1.38 bits per heavy atom. The van der Waals surface area contributed by atoms with Gasteiger partial charge in [-0.1, -0.05) is 71.0 Å². The molecule has 3 heteroatoms. The van der Waals surface area contributed by atoms with E-state index >= 15 is 0 Å². The van der Waals surface area contributed by atoms with Crippen LogP contribution in [0, 0.1) is 0 Å². The van der Waals surface area contributed by atoms with Crippen molar-refractivity contribution in [2.45, 2.75) is 41.0 Å². The van der Waals surface area contributed by atoms with Crippen molar-refractivity contribution >= 4 is 27.7 Å². The molecule has 1 aromatic heterocycles. The summed E-state index contributed by atoms with van der Waals surface area (Å²) in [5, 5.41) is 4.77. The first-order valence-corrected chi connectivity index (χ1v) is 8.87. The van der Waals surface area contributed by atoms with Crippen LogP contribution in [0.3, 0.4) is 0 Å². The number of carbonyl (C=O) groups is 1. The average Bonchev–Trinajstić information content (AvgIpc) is 2.67. The van der Waals surface area contributed by atoms with Gasteiger partial charge in [-0.05, 0) is 18.6 Å². The Morgan fingerprint density at radius 1 is 0.917 bits per heavy atom. The molecule has 0 spiro atoms. The zero-order chi connectivity index (χ0) is 17.9. The third-order valence-corrected chi connectivity index (χ3v) is 3.35. The number of nitrogens with one attached hydrogen (secondary N) is 1. The lowest BCUT2D eigenvalue weighted by Gasteiger charge is -2.10. The van der Waals surface area contributed by atoms with Crippen LogP contribution in [0.2, 0.25) is 0 Å². The van der Waals surface area contributed by atoms with Gasteiger partial charge in [-0.2, -0.15) is 0 Å². The number of aromatic nitrogens is 1. The molecule has 2 aromatic carbocycles. The first kappa shape index (κ1) is 19.6. The molecule has 132 valence electrons. The van der Waals surface area contributed by atoms with Crippen LogP contribution >= 0.6 is 0 Å². The van der Waals surface area contributed by atoms with Crippen LogP contribution in [0.25, 0.3) is 21.8 Å². The minimum atomic E-state index is -0.0262. The largest absolute Gasteiger partial charge is 0.352 e. The molecule has 0 radical (unpaired) electrons. The van der Waals surface area contributed by atoms with Gasteiger partial charge in [0.1, 0.15) is 0 Å². The fourth-order valence-electron chi connectivity index (χ4n) is 2.41. The number of carbonyl (C=O) groups excluding carboxylic acids is 1. The van der Waals surface area contributed by atoms with Crippen LogP contribution in [0.5, 0.6) is 0 Å². The van der Waals surface area contributed by atoms with Crippen molar-refractivity contribution in [3.8, 4) is 0 Å². The summed E-state index contributed by atoms with van der Waals surface area (Å²) in [5.74, 6) is -0.0262. The van der Waals surface area contributed by atoms with E-state index in [9.17, 15) is 4.79 Å². The van der Waals surface area contributed by atoms with E-state index in [0.717, 1.165) is 33.8 Å². The molecule has 0 bridgehead atoms. The van der Waals surface area contributed by atoms with Gasteiger partial charge in [-0.3, -0.25) is 4.79 Å². The van der Waals surface area contributed by atoms with Crippen LogP contribution in [0.4, 0.5) is 0 Å². The zero-order valence-corrected chi connectivity index (χ0v) is 15.4. The maximum absolute atomic E-state index is 12.5. The molecular formula is C21H32N2O. The minimum absolute atomic E-state index is 0. The van der Waals surface area contributed by atoms with E-state index in [1.807, 2.05) is 83.1 Å². The second kappa shape index (κ2) is 10.4. The van der Waals surface area contributed by atoms with E-state index in [-0.39, 0.29) is 8.76 Å². The van der Waals surface area contributed by atoms with Gasteiger partial charge >= 0.3 is 0 Å². The van der Waals surface area contributed by atoms with Gasteiger partial charge < -0.3 is 5.32 Å². The van der Waals surface area contributed by atoms with Gasteiger partial charge in [0.25, 0.3) is 5.91 Å². The van der Waals surface area contributed by atoms with Gasteiger partial charge in [-0.15, -0.1) is 0 Å². The Hall–Kier alpha value is -2.42. The second-order valence-corrected chi connectivity index (χ2v) is 4.78. The summed E-state index contributed by atoms with van der Waals surface area (Å²) in [7, 11) is 0. The summed E-state index contributed by atoms with van der Waals surface area (Å²) in [4.78, 5) is 17.1. The number of hydrogen-bond acceptors (Lipinski definition) is 2. The highest BCUT2D eigenvalue weighted by atomic mass is 16.1. The number of benzene rings is 2. The lowest BCUT2D eigenvalue weighted by molar-refractivity contribution is 0.0957. The maximum Gasteiger partial charge on any atom is 0.252 e. The molecule has 0 fully saturated rings. The number of amides is 1.